The lowest BCUT2D eigenvalue weighted by atomic mass is 10.1. The molecule has 0 spiro atoms. The Morgan fingerprint density at radius 3 is 2.85 bits per heavy atom. The van der Waals surface area contributed by atoms with Gasteiger partial charge < -0.3 is 15.4 Å². The molecule has 0 bridgehead atoms. The Bertz CT molecular complexity index is 490. The molecule has 0 amide bonds. The lowest BCUT2D eigenvalue weighted by molar-refractivity contribution is 0.0601. The number of carbonyl (C=O) groups excluding carboxylic acids is 1. The maximum atomic E-state index is 11.6. The largest absolute Gasteiger partial charge is 0.465 e. The van der Waals surface area contributed by atoms with Crippen LogP contribution in [0.2, 0.25) is 0 Å². The monoisotopic (exact) mass is 277 g/mol. The number of methoxy groups -OCH3 is 1. The van der Waals surface area contributed by atoms with Crippen molar-refractivity contribution in [2.24, 2.45) is 0 Å². The van der Waals surface area contributed by atoms with Gasteiger partial charge in [0, 0.05) is 25.7 Å². The van der Waals surface area contributed by atoms with Gasteiger partial charge in [0.05, 0.1) is 24.0 Å². The molecule has 1 atom stereocenters. The van der Waals surface area contributed by atoms with Crippen molar-refractivity contribution >= 4 is 17.3 Å². The van der Waals surface area contributed by atoms with Crippen LogP contribution in [-0.2, 0) is 4.74 Å². The van der Waals surface area contributed by atoms with Crippen LogP contribution < -0.4 is 10.6 Å². The quantitative estimate of drug-likeness (QED) is 0.671. The molecule has 1 aliphatic heterocycles. The van der Waals surface area contributed by atoms with Gasteiger partial charge in [-0.05, 0) is 31.7 Å². The molecule has 1 aliphatic rings. The van der Waals surface area contributed by atoms with E-state index in [9.17, 15) is 4.79 Å². The first-order chi connectivity index (χ1) is 9.56. The van der Waals surface area contributed by atoms with Gasteiger partial charge in [0.15, 0.2) is 0 Å². The van der Waals surface area contributed by atoms with E-state index in [2.05, 4.69) is 23.8 Å². The Morgan fingerprint density at radius 1 is 1.45 bits per heavy atom. The molecule has 0 aromatic heterocycles. The molecule has 20 heavy (non-hydrogen) atoms. The minimum atomic E-state index is -0.326. The minimum absolute atomic E-state index is 0.326. The first-order valence-corrected chi connectivity index (χ1v) is 6.99. The van der Waals surface area contributed by atoms with Gasteiger partial charge in [-0.1, -0.05) is 6.92 Å². The highest BCUT2D eigenvalue weighted by atomic mass is 16.5. The Hall–Kier alpha value is -1.75. The van der Waals surface area contributed by atoms with Crippen molar-refractivity contribution in [3.63, 3.8) is 0 Å². The van der Waals surface area contributed by atoms with E-state index in [0.717, 1.165) is 31.7 Å². The fraction of sp³-hybridized carbons (Fsp3) is 0.533. The van der Waals surface area contributed by atoms with Crippen molar-refractivity contribution in [3.8, 4) is 0 Å². The molecule has 1 aromatic carbocycles. The molecule has 1 unspecified atom stereocenters. The van der Waals surface area contributed by atoms with Crippen LogP contribution >= 0.6 is 0 Å². The second kappa shape index (κ2) is 6.13. The molecule has 5 heteroatoms. The number of nitrogens with two attached hydrogens (primary N) is 1. The second-order valence-electron chi connectivity index (χ2n) is 5.25. The van der Waals surface area contributed by atoms with Gasteiger partial charge in [-0.3, -0.25) is 4.90 Å². The molecule has 0 saturated carbocycles. The van der Waals surface area contributed by atoms with Crippen molar-refractivity contribution in [1.29, 1.82) is 0 Å². The van der Waals surface area contributed by atoms with Crippen LogP contribution in [0.25, 0.3) is 0 Å². The molecule has 5 nitrogen and oxygen atoms in total. The standard InChI is InChI=1S/C15H23N3O2/c1-4-12-10-18(8-7-17(12)2)14-9-11(15(19)20-3)5-6-13(14)16/h5-6,9,12H,4,7-8,10,16H2,1-3H3. The lowest BCUT2D eigenvalue weighted by Crippen LogP contribution is -2.51. The number of nitrogens with zero attached hydrogens (tertiary/aromatic N) is 2. The Morgan fingerprint density at radius 2 is 2.20 bits per heavy atom. The summed E-state index contributed by atoms with van der Waals surface area (Å²) >= 11 is 0. The van der Waals surface area contributed by atoms with Gasteiger partial charge in [-0.15, -0.1) is 0 Å². The normalized spacial score (nSPS) is 19.9. The molecule has 0 radical (unpaired) electrons. The molecule has 1 aromatic rings. The third-order valence-corrected chi connectivity index (χ3v) is 4.04. The van der Waals surface area contributed by atoms with Crippen LogP contribution in [0.5, 0.6) is 0 Å². The summed E-state index contributed by atoms with van der Waals surface area (Å²) in [6.45, 7) is 5.04. The zero-order chi connectivity index (χ0) is 14.7. The number of hydrogen-bond donors (Lipinski definition) is 1. The highest BCUT2D eigenvalue weighted by Gasteiger charge is 2.24. The van der Waals surface area contributed by atoms with Crippen LogP contribution in [0, 0.1) is 0 Å². The van der Waals surface area contributed by atoms with Crippen molar-refractivity contribution in [2.75, 3.05) is 44.4 Å². The van der Waals surface area contributed by atoms with E-state index < -0.39 is 0 Å². The highest BCUT2D eigenvalue weighted by molar-refractivity contribution is 5.92. The molecule has 1 heterocycles. The van der Waals surface area contributed by atoms with Gasteiger partial charge >= 0.3 is 5.97 Å². The van der Waals surface area contributed by atoms with Crippen molar-refractivity contribution in [1.82, 2.24) is 4.90 Å². The smallest absolute Gasteiger partial charge is 0.337 e. The summed E-state index contributed by atoms with van der Waals surface area (Å²) in [5.74, 6) is -0.326. The lowest BCUT2D eigenvalue weighted by Gasteiger charge is -2.40. The Balaban J connectivity index is 2.25. The van der Waals surface area contributed by atoms with E-state index in [4.69, 9.17) is 10.5 Å². The summed E-state index contributed by atoms with van der Waals surface area (Å²) in [6, 6.07) is 5.84. The zero-order valence-electron chi connectivity index (χ0n) is 12.4. The van der Waals surface area contributed by atoms with Gasteiger partial charge in [-0.25, -0.2) is 4.79 Å². The summed E-state index contributed by atoms with van der Waals surface area (Å²) in [5.41, 5.74) is 8.26. The molecule has 0 aliphatic carbocycles. The summed E-state index contributed by atoms with van der Waals surface area (Å²) in [4.78, 5) is 16.3. The SMILES string of the molecule is CCC1CN(c2cc(C(=O)OC)ccc2N)CCN1C. The van der Waals surface area contributed by atoms with E-state index in [1.165, 1.54) is 7.11 Å². The summed E-state index contributed by atoms with van der Waals surface area (Å²) in [7, 11) is 3.54. The predicted molar refractivity (Wildman–Crippen MR) is 81.1 cm³/mol. The minimum Gasteiger partial charge on any atom is -0.465 e. The van der Waals surface area contributed by atoms with Gasteiger partial charge in [0.2, 0.25) is 0 Å². The topological polar surface area (TPSA) is 58.8 Å². The van der Waals surface area contributed by atoms with Gasteiger partial charge in [0.25, 0.3) is 0 Å². The number of nitrogen functional groups attached to an aromatic ring is 1. The van der Waals surface area contributed by atoms with Crippen LogP contribution in [0.15, 0.2) is 18.2 Å². The first kappa shape index (κ1) is 14.7. The van der Waals surface area contributed by atoms with Crippen LogP contribution in [0.4, 0.5) is 11.4 Å². The van der Waals surface area contributed by atoms with E-state index in [1.807, 2.05) is 6.07 Å². The molecule has 110 valence electrons. The molecular weight excluding hydrogens is 254 g/mol. The molecule has 1 saturated heterocycles. The predicted octanol–water partition coefficient (Wildman–Crippen LogP) is 1.59. The molecular formula is C15H23N3O2. The summed E-state index contributed by atoms with van der Waals surface area (Å²) in [5, 5.41) is 0. The number of esters is 1. The van der Waals surface area contributed by atoms with E-state index >= 15 is 0 Å². The number of hydrogen-bond acceptors (Lipinski definition) is 5. The fourth-order valence-corrected chi connectivity index (χ4v) is 2.67. The summed E-state index contributed by atoms with van der Waals surface area (Å²) < 4.78 is 4.77. The van der Waals surface area contributed by atoms with Crippen LogP contribution in [-0.4, -0.2) is 50.7 Å². The first-order valence-electron chi connectivity index (χ1n) is 6.99. The van der Waals surface area contributed by atoms with Crippen molar-refractivity contribution < 1.29 is 9.53 Å². The number of benzene rings is 1. The molecule has 2 N–H and O–H groups in total. The maximum absolute atomic E-state index is 11.6. The zero-order valence-corrected chi connectivity index (χ0v) is 12.4. The number of piperazine rings is 1. The van der Waals surface area contributed by atoms with Gasteiger partial charge in [-0.2, -0.15) is 0 Å². The van der Waals surface area contributed by atoms with Crippen molar-refractivity contribution in [3.05, 3.63) is 23.8 Å². The van der Waals surface area contributed by atoms with Gasteiger partial charge in [0.1, 0.15) is 0 Å². The van der Waals surface area contributed by atoms with E-state index in [0.29, 0.717) is 17.3 Å². The van der Waals surface area contributed by atoms with Crippen LogP contribution in [0.1, 0.15) is 23.7 Å². The molecule has 1 fully saturated rings. The fourth-order valence-electron chi connectivity index (χ4n) is 2.67. The number of ether oxygens (including phenoxy) is 1. The summed E-state index contributed by atoms with van der Waals surface area (Å²) in [6.07, 6.45) is 1.10. The second-order valence-corrected chi connectivity index (χ2v) is 5.25. The maximum Gasteiger partial charge on any atom is 0.337 e. The number of anilines is 2. The average molecular weight is 277 g/mol. The number of likely N-dealkylation sites (N-methyl/N-ethyl adjacent to an activating group) is 1. The number of rotatable bonds is 3. The molecule has 2 rings (SSSR count). The third kappa shape index (κ3) is 2.88. The third-order valence-electron chi connectivity index (χ3n) is 4.04. The average Bonchev–Trinajstić information content (AvgIpc) is 2.47. The van der Waals surface area contributed by atoms with Crippen molar-refractivity contribution in [2.45, 2.75) is 19.4 Å². The Labute approximate surface area is 120 Å². The van der Waals surface area contributed by atoms with E-state index in [-0.39, 0.29) is 5.97 Å². The van der Waals surface area contributed by atoms with Crippen LogP contribution in [0.3, 0.4) is 0 Å². The highest BCUT2D eigenvalue weighted by Crippen LogP contribution is 2.27. The van der Waals surface area contributed by atoms with E-state index in [1.54, 1.807) is 12.1 Å². The Kier molecular flexibility index (Phi) is 4.49. The number of carbonyl (C=O) groups is 1.